The van der Waals surface area contributed by atoms with E-state index < -0.39 is 5.60 Å². The molecule has 1 atom stereocenters. The molecule has 0 amide bonds. The minimum absolute atomic E-state index is 0.390. The number of rotatable bonds is 2. The first-order chi connectivity index (χ1) is 6.37. The zero-order chi connectivity index (χ0) is 9.15. The molecule has 1 unspecified atom stereocenters. The Labute approximate surface area is 78.4 Å². The predicted octanol–water partition coefficient (Wildman–Crippen LogP) is 1.16. The summed E-state index contributed by atoms with van der Waals surface area (Å²) in [6.07, 6.45) is 4.89. The Hall–Kier alpha value is -0.410. The van der Waals surface area contributed by atoms with Gasteiger partial charge in [-0.3, -0.25) is 0 Å². The number of ether oxygens (including phenoxy) is 2. The van der Waals surface area contributed by atoms with Crippen LogP contribution in [0.3, 0.4) is 0 Å². The number of aldehydes is 1. The van der Waals surface area contributed by atoms with Gasteiger partial charge in [-0.25, -0.2) is 0 Å². The Morgan fingerprint density at radius 3 is 2.54 bits per heavy atom. The first kappa shape index (κ1) is 9.16. The molecule has 0 radical (unpaired) electrons. The third-order valence-corrected chi connectivity index (χ3v) is 3.19. The van der Waals surface area contributed by atoms with E-state index in [4.69, 9.17) is 9.47 Å². The summed E-state index contributed by atoms with van der Waals surface area (Å²) < 4.78 is 10.9. The molecule has 3 heteroatoms. The number of carbonyl (C=O) groups excluding carboxylic acids is 1. The molecule has 0 saturated carbocycles. The molecule has 0 aromatic rings. The SMILES string of the molecule is O=CC1(C2CCOCC2)CCCO1. The van der Waals surface area contributed by atoms with Crippen molar-refractivity contribution in [1.29, 1.82) is 0 Å². The monoisotopic (exact) mass is 184 g/mol. The summed E-state index contributed by atoms with van der Waals surface area (Å²) in [5, 5.41) is 0. The molecule has 3 nitrogen and oxygen atoms in total. The fourth-order valence-corrected chi connectivity index (χ4v) is 2.38. The highest BCUT2D eigenvalue weighted by atomic mass is 16.5. The van der Waals surface area contributed by atoms with Gasteiger partial charge in [0.05, 0.1) is 0 Å². The molecule has 0 N–H and O–H groups in total. The van der Waals surface area contributed by atoms with Gasteiger partial charge in [0.2, 0.25) is 0 Å². The Bertz CT molecular complexity index is 179. The van der Waals surface area contributed by atoms with Crippen molar-refractivity contribution in [3.63, 3.8) is 0 Å². The van der Waals surface area contributed by atoms with E-state index in [-0.39, 0.29) is 0 Å². The van der Waals surface area contributed by atoms with Gasteiger partial charge in [0.15, 0.2) is 6.29 Å². The maximum absolute atomic E-state index is 11.1. The smallest absolute Gasteiger partial charge is 0.152 e. The van der Waals surface area contributed by atoms with Gasteiger partial charge in [-0.15, -0.1) is 0 Å². The highest BCUT2D eigenvalue weighted by Gasteiger charge is 2.42. The molecule has 0 bridgehead atoms. The minimum atomic E-state index is -0.455. The van der Waals surface area contributed by atoms with Crippen LogP contribution in [0.2, 0.25) is 0 Å². The third kappa shape index (κ3) is 1.63. The molecule has 13 heavy (non-hydrogen) atoms. The van der Waals surface area contributed by atoms with E-state index in [0.29, 0.717) is 5.92 Å². The van der Waals surface area contributed by atoms with Gasteiger partial charge < -0.3 is 14.3 Å². The van der Waals surface area contributed by atoms with Crippen LogP contribution in [0.25, 0.3) is 0 Å². The van der Waals surface area contributed by atoms with Crippen LogP contribution in [0.5, 0.6) is 0 Å². The van der Waals surface area contributed by atoms with Gasteiger partial charge in [0.1, 0.15) is 5.60 Å². The second-order valence-corrected chi connectivity index (χ2v) is 3.91. The lowest BCUT2D eigenvalue weighted by Gasteiger charge is -2.34. The van der Waals surface area contributed by atoms with Crippen molar-refractivity contribution in [3.8, 4) is 0 Å². The average molecular weight is 184 g/mol. The Kier molecular flexibility index (Phi) is 2.65. The molecule has 0 aromatic heterocycles. The second kappa shape index (κ2) is 3.76. The summed E-state index contributed by atoms with van der Waals surface area (Å²) in [5.74, 6) is 0.390. The molecule has 2 heterocycles. The van der Waals surface area contributed by atoms with E-state index in [0.717, 1.165) is 51.8 Å². The Morgan fingerprint density at radius 1 is 1.23 bits per heavy atom. The summed E-state index contributed by atoms with van der Waals surface area (Å²) in [4.78, 5) is 11.1. The van der Waals surface area contributed by atoms with E-state index in [2.05, 4.69) is 0 Å². The van der Waals surface area contributed by atoms with Crippen LogP contribution in [0.4, 0.5) is 0 Å². The van der Waals surface area contributed by atoms with Crippen LogP contribution in [0.1, 0.15) is 25.7 Å². The Morgan fingerprint density at radius 2 is 2.00 bits per heavy atom. The topological polar surface area (TPSA) is 35.5 Å². The molecular formula is C10H16O3. The molecule has 2 fully saturated rings. The maximum atomic E-state index is 11.1. The van der Waals surface area contributed by atoms with Gasteiger partial charge in [-0.1, -0.05) is 0 Å². The lowest BCUT2D eigenvalue weighted by Crippen LogP contribution is -2.41. The number of hydrogen-bond donors (Lipinski definition) is 0. The molecule has 0 spiro atoms. The van der Waals surface area contributed by atoms with Crippen molar-refractivity contribution in [2.24, 2.45) is 5.92 Å². The molecule has 2 aliphatic heterocycles. The van der Waals surface area contributed by atoms with E-state index in [1.54, 1.807) is 0 Å². The fraction of sp³-hybridized carbons (Fsp3) is 0.900. The normalized spacial score (nSPS) is 36.3. The molecule has 2 saturated heterocycles. The van der Waals surface area contributed by atoms with Crippen molar-refractivity contribution in [1.82, 2.24) is 0 Å². The maximum Gasteiger partial charge on any atom is 0.152 e. The van der Waals surface area contributed by atoms with Crippen LogP contribution in [0, 0.1) is 5.92 Å². The van der Waals surface area contributed by atoms with Crippen LogP contribution < -0.4 is 0 Å². The zero-order valence-electron chi connectivity index (χ0n) is 7.83. The van der Waals surface area contributed by atoms with Gasteiger partial charge in [0, 0.05) is 19.8 Å². The largest absolute Gasteiger partial charge is 0.381 e. The number of carbonyl (C=O) groups is 1. The molecule has 0 aliphatic carbocycles. The van der Waals surface area contributed by atoms with E-state index in [1.807, 2.05) is 0 Å². The van der Waals surface area contributed by atoms with Crippen LogP contribution in [-0.4, -0.2) is 31.7 Å². The molecule has 2 aliphatic rings. The molecule has 0 aromatic carbocycles. The van der Waals surface area contributed by atoms with Crippen LogP contribution in [-0.2, 0) is 14.3 Å². The van der Waals surface area contributed by atoms with Crippen LogP contribution in [0.15, 0.2) is 0 Å². The Balaban J connectivity index is 2.05. The molecular weight excluding hydrogens is 168 g/mol. The predicted molar refractivity (Wildman–Crippen MR) is 47.5 cm³/mol. The first-order valence-electron chi connectivity index (χ1n) is 5.05. The van der Waals surface area contributed by atoms with Crippen molar-refractivity contribution < 1.29 is 14.3 Å². The fourth-order valence-electron chi connectivity index (χ4n) is 2.38. The molecule has 74 valence electrons. The summed E-state index contributed by atoms with van der Waals surface area (Å²) in [6, 6.07) is 0. The standard InChI is InChI=1S/C10H16O3/c11-8-10(4-1-5-13-10)9-2-6-12-7-3-9/h8-9H,1-7H2. The highest BCUT2D eigenvalue weighted by molar-refractivity contribution is 5.63. The first-order valence-corrected chi connectivity index (χ1v) is 5.05. The summed E-state index contributed by atoms with van der Waals surface area (Å²) in [6.45, 7) is 2.31. The lowest BCUT2D eigenvalue weighted by atomic mass is 9.81. The van der Waals surface area contributed by atoms with Gasteiger partial charge in [-0.05, 0) is 31.6 Å². The van der Waals surface area contributed by atoms with Gasteiger partial charge >= 0.3 is 0 Å². The van der Waals surface area contributed by atoms with Gasteiger partial charge in [-0.2, -0.15) is 0 Å². The second-order valence-electron chi connectivity index (χ2n) is 3.91. The summed E-state index contributed by atoms with van der Waals surface area (Å²) in [5.41, 5.74) is -0.455. The average Bonchev–Trinajstić information content (AvgIpc) is 2.69. The van der Waals surface area contributed by atoms with Crippen molar-refractivity contribution in [3.05, 3.63) is 0 Å². The van der Waals surface area contributed by atoms with Gasteiger partial charge in [0.25, 0.3) is 0 Å². The van der Waals surface area contributed by atoms with E-state index >= 15 is 0 Å². The quantitative estimate of drug-likeness (QED) is 0.604. The van der Waals surface area contributed by atoms with Crippen LogP contribution >= 0.6 is 0 Å². The summed E-state index contributed by atoms with van der Waals surface area (Å²) >= 11 is 0. The lowest BCUT2D eigenvalue weighted by molar-refractivity contribution is -0.136. The zero-order valence-corrected chi connectivity index (χ0v) is 7.83. The van der Waals surface area contributed by atoms with Crippen molar-refractivity contribution >= 4 is 6.29 Å². The highest BCUT2D eigenvalue weighted by Crippen LogP contribution is 2.36. The third-order valence-electron chi connectivity index (χ3n) is 3.19. The molecule has 2 rings (SSSR count). The minimum Gasteiger partial charge on any atom is -0.381 e. The summed E-state index contributed by atoms with van der Waals surface area (Å²) in [7, 11) is 0. The van der Waals surface area contributed by atoms with E-state index in [9.17, 15) is 4.79 Å². The van der Waals surface area contributed by atoms with Crippen molar-refractivity contribution in [2.45, 2.75) is 31.3 Å². The number of hydrogen-bond acceptors (Lipinski definition) is 3. The van der Waals surface area contributed by atoms with Crippen molar-refractivity contribution in [2.75, 3.05) is 19.8 Å². The van der Waals surface area contributed by atoms with E-state index in [1.165, 1.54) is 0 Å².